The van der Waals surface area contributed by atoms with Crippen LogP contribution in [0.3, 0.4) is 0 Å². The summed E-state index contributed by atoms with van der Waals surface area (Å²) < 4.78 is 0. The Balaban J connectivity index is 2.45. The van der Waals surface area contributed by atoms with Crippen molar-refractivity contribution in [3.63, 3.8) is 0 Å². The van der Waals surface area contributed by atoms with E-state index in [0.29, 0.717) is 5.82 Å². The van der Waals surface area contributed by atoms with Gasteiger partial charge in [-0.3, -0.25) is 5.10 Å². The van der Waals surface area contributed by atoms with E-state index in [1.807, 2.05) is 0 Å². The molecule has 1 aliphatic carbocycles. The molecule has 2 rings (SSSR count). The van der Waals surface area contributed by atoms with Crippen LogP contribution in [0.5, 0.6) is 0 Å². The number of aromatic amines is 1. The van der Waals surface area contributed by atoms with Crippen LogP contribution >= 0.6 is 0 Å². The summed E-state index contributed by atoms with van der Waals surface area (Å²) in [4.78, 5) is 0. The van der Waals surface area contributed by atoms with Crippen LogP contribution in [-0.2, 0) is 12.8 Å². The zero-order chi connectivity index (χ0) is 7.84. The summed E-state index contributed by atoms with van der Waals surface area (Å²) in [5, 5.41) is 6.87. The maximum Gasteiger partial charge on any atom is 0.148 e. The van der Waals surface area contributed by atoms with Crippen molar-refractivity contribution in [2.45, 2.75) is 19.3 Å². The Morgan fingerprint density at radius 1 is 1.45 bits per heavy atom. The van der Waals surface area contributed by atoms with Crippen LogP contribution in [0.2, 0.25) is 0 Å². The van der Waals surface area contributed by atoms with Crippen LogP contribution < -0.4 is 5.73 Å². The van der Waals surface area contributed by atoms with Gasteiger partial charge in [0.25, 0.3) is 0 Å². The molecule has 0 atom stereocenters. The predicted octanol–water partition coefficient (Wildman–Crippen LogP) is 1.04. The van der Waals surface area contributed by atoms with Crippen LogP contribution in [0.4, 0.5) is 5.82 Å². The lowest BCUT2D eigenvalue weighted by Gasteiger charge is -2.12. The van der Waals surface area contributed by atoms with E-state index in [1.54, 1.807) is 0 Å². The fourth-order valence-corrected chi connectivity index (χ4v) is 1.46. The number of aromatic nitrogens is 2. The first-order valence-corrected chi connectivity index (χ1v) is 3.75. The number of rotatable bonds is 0. The van der Waals surface area contributed by atoms with Crippen LogP contribution in [0, 0.1) is 0 Å². The monoisotopic (exact) mass is 149 g/mol. The van der Waals surface area contributed by atoms with Crippen molar-refractivity contribution < 1.29 is 0 Å². The molecule has 0 amide bonds. The number of nitrogen functional groups attached to an aromatic ring is 1. The number of hydrogen-bond acceptors (Lipinski definition) is 2. The molecule has 1 aliphatic rings. The quantitative estimate of drug-likeness (QED) is 0.541. The molecule has 0 saturated carbocycles. The molecule has 1 aromatic heterocycles. The minimum atomic E-state index is 0.640. The summed E-state index contributed by atoms with van der Waals surface area (Å²) >= 11 is 0. The molecule has 1 heterocycles. The number of hydrogen-bond donors (Lipinski definition) is 2. The molecule has 0 fully saturated rings. The van der Waals surface area contributed by atoms with Gasteiger partial charge >= 0.3 is 0 Å². The maximum atomic E-state index is 5.64. The number of nitrogens with two attached hydrogens (primary N) is 1. The van der Waals surface area contributed by atoms with E-state index in [-0.39, 0.29) is 0 Å². The van der Waals surface area contributed by atoms with Crippen molar-refractivity contribution in [1.29, 1.82) is 0 Å². The highest BCUT2D eigenvalue weighted by molar-refractivity contribution is 5.46. The molecule has 0 aliphatic heterocycles. The van der Waals surface area contributed by atoms with Crippen molar-refractivity contribution in [3.8, 4) is 0 Å². The summed E-state index contributed by atoms with van der Waals surface area (Å²) in [5.74, 6) is 0.640. The Morgan fingerprint density at radius 2 is 2.27 bits per heavy atom. The summed E-state index contributed by atoms with van der Waals surface area (Å²) in [7, 11) is 0. The molecule has 3 heteroatoms. The smallest absolute Gasteiger partial charge is 0.148 e. The van der Waals surface area contributed by atoms with Crippen LogP contribution in [0.1, 0.15) is 17.7 Å². The number of fused-ring (bicyclic) bond motifs is 1. The standard InChI is InChI=1S/C8H11N3/c1-5-2-3-7-6(4-5)8(9)11-10-7/h1-4H2,(H3,9,10,11). The number of anilines is 1. The van der Waals surface area contributed by atoms with Gasteiger partial charge in [0.15, 0.2) is 0 Å². The van der Waals surface area contributed by atoms with Gasteiger partial charge in [0.05, 0.1) is 0 Å². The van der Waals surface area contributed by atoms with Crippen molar-refractivity contribution in [2.24, 2.45) is 0 Å². The normalized spacial score (nSPS) is 16.5. The molecule has 0 saturated heterocycles. The molecule has 0 bridgehead atoms. The van der Waals surface area contributed by atoms with Crippen LogP contribution in [0.15, 0.2) is 12.2 Å². The number of allylic oxidation sites excluding steroid dienone is 1. The second-order valence-corrected chi connectivity index (χ2v) is 2.99. The Kier molecular flexibility index (Phi) is 1.24. The Hall–Kier alpha value is -1.25. The Bertz CT molecular complexity index is 298. The summed E-state index contributed by atoms with van der Waals surface area (Å²) in [6.07, 6.45) is 2.98. The molecule has 1 aromatic rings. The van der Waals surface area contributed by atoms with Gasteiger partial charge in [-0.2, -0.15) is 5.10 Å². The molecule has 11 heavy (non-hydrogen) atoms. The number of aryl methyl sites for hydroxylation is 1. The van der Waals surface area contributed by atoms with Crippen LogP contribution in [0.25, 0.3) is 0 Å². The predicted molar refractivity (Wildman–Crippen MR) is 44.2 cm³/mol. The summed E-state index contributed by atoms with van der Waals surface area (Å²) in [6.45, 7) is 3.94. The van der Waals surface area contributed by atoms with Gasteiger partial charge in [0, 0.05) is 11.3 Å². The summed E-state index contributed by atoms with van der Waals surface area (Å²) in [6, 6.07) is 0. The zero-order valence-corrected chi connectivity index (χ0v) is 6.35. The fourth-order valence-electron chi connectivity index (χ4n) is 1.46. The minimum absolute atomic E-state index is 0.640. The average molecular weight is 149 g/mol. The number of nitrogens with one attached hydrogen (secondary N) is 1. The van der Waals surface area contributed by atoms with E-state index in [9.17, 15) is 0 Å². The van der Waals surface area contributed by atoms with Crippen LogP contribution in [-0.4, -0.2) is 10.2 Å². The third kappa shape index (κ3) is 0.926. The van der Waals surface area contributed by atoms with E-state index < -0.39 is 0 Å². The average Bonchev–Trinajstić information content (AvgIpc) is 2.33. The van der Waals surface area contributed by atoms with Crippen molar-refractivity contribution in [3.05, 3.63) is 23.4 Å². The lowest BCUT2D eigenvalue weighted by Crippen LogP contribution is -2.04. The molecular weight excluding hydrogens is 138 g/mol. The van der Waals surface area contributed by atoms with Gasteiger partial charge in [0.2, 0.25) is 0 Å². The van der Waals surface area contributed by atoms with Gasteiger partial charge in [-0.25, -0.2) is 0 Å². The van der Waals surface area contributed by atoms with Gasteiger partial charge in [-0.1, -0.05) is 12.2 Å². The van der Waals surface area contributed by atoms with E-state index in [2.05, 4.69) is 16.8 Å². The Labute approximate surface area is 65.3 Å². The van der Waals surface area contributed by atoms with E-state index in [4.69, 9.17) is 5.73 Å². The second-order valence-electron chi connectivity index (χ2n) is 2.99. The van der Waals surface area contributed by atoms with Gasteiger partial charge in [0.1, 0.15) is 5.82 Å². The molecular formula is C8H11N3. The van der Waals surface area contributed by atoms with E-state index in [1.165, 1.54) is 11.3 Å². The molecule has 0 unspecified atom stereocenters. The maximum absolute atomic E-state index is 5.64. The largest absolute Gasteiger partial charge is 0.382 e. The highest BCUT2D eigenvalue weighted by atomic mass is 15.2. The highest BCUT2D eigenvalue weighted by Crippen LogP contribution is 2.25. The van der Waals surface area contributed by atoms with Crippen molar-refractivity contribution >= 4 is 5.82 Å². The molecule has 0 aromatic carbocycles. The SMILES string of the molecule is C=C1CCc2[nH]nc(N)c2C1. The van der Waals surface area contributed by atoms with Gasteiger partial charge < -0.3 is 5.73 Å². The molecule has 0 spiro atoms. The van der Waals surface area contributed by atoms with E-state index >= 15 is 0 Å². The lowest BCUT2D eigenvalue weighted by atomic mass is 9.94. The minimum Gasteiger partial charge on any atom is -0.382 e. The van der Waals surface area contributed by atoms with Crippen molar-refractivity contribution in [1.82, 2.24) is 10.2 Å². The zero-order valence-electron chi connectivity index (χ0n) is 6.35. The lowest BCUT2D eigenvalue weighted by molar-refractivity contribution is 0.813. The molecule has 3 N–H and O–H groups in total. The number of nitrogens with zero attached hydrogens (tertiary/aromatic N) is 1. The Morgan fingerprint density at radius 3 is 3.09 bits per heavy atom. The molecule has 58 valence electrons. The van der Waals surface area contributed by atoms with Gasteiger partial charge in [-0.05, 0) is 19.3 Å². The van der Waals surface area contributed by atoms with E-state index in [0.717, 1.165) is 24.8 Å². The first-order chi connectivity index (χ1) is 5.27. The van der Waals surface area contributed by atoms with Crippen molar-refractivity contribution in [2.75, 3.05) is 5.73 Å². The third-order valence-electron chi connectivity index (χ3n) is 2.14. The fraction of sp³-hybridized carbons (Fsp3) is 0.375. The molecule has 3 nitrogen and oxygen atoms in total. The number of H-pyrrole nitrogens is 1. The van der Waals surface area contributed by atoms with Gasteiger partial charge in [-0.15, -0.1) is 0 Å². The second kappa shape index (κ2) is 2.12. The highest BCUT2D eigenvalue weighted by Gasteiger charge is 2.16. The first-order valence-electron chi connectivity index (χ1n) is 3.75. The first kappa shape index (κ1) is 6.46. The molecule has 0 radical (unpaired) electrons. The third-order valence-corrected chi connectivity index (χ3v) is 2.14. The summed E-state index contributed by atoms with van der Waals surface area (Å²) in [5.41, 5.74) is 9.24. The topological polar surface area (TPSA) is 54.7 Å².